The van der Waals surface area contributed by atoms with Crippen molar-refractivity contribution < 1.29 is 0 Å². The lowest BCUT2D eigenvalue weighted by Crippen LogP contribution is -2.38. The Kier molecular flexibility index (Phi) is 5.17. The molecule has 1 aliphatic carbocycles. The van der Waals surface area contributed by atoms with Crippen LogP contribution in [-0.4, -0.2) is 6.04 Å². The highest BCUT2D eigenvalue weighted by Gasteiger charge is 2.15. The van der Waals surface area contributed by atoms with Crippen LogP contribution in [0.4, 0.5) is 0 Å². The summed E-state index contributed by atoms with van der Waals surface area (Å²) in [4.78, 5) is 0. The number of rotatable bonds is 4. The second-order valence-corrected chi connectivity index (χ2v) is 5.72. The first-order valence-corrected chi connectivity index (χ1v) is 7.42. The minimum Gasteiger partial charge on any atom is -0.271 e. The van der Waals surface area contributed by atoms with Crippen molar-refractivity contribution in [2.24, 2.45) is 5.84 Å². The van der Waals surface area contributed by atoms with Gasteiger partial charge in [0, 0.05) is 6.04 Å². The van der Waals surface area contributed by atoms with E-state index in [0.717, 1.165) is 6.42 Å². The van der Waals surface area contributed by atoms with Crippen molar-refractivity contribution >= 4 is 0 Å². The summed E-state index contributed by atoms with van der Waals surface area (Å²) in [5, 5.41) is 0. The number of allylic oxidation sites excluding steroid dienone is 1. The third-order valence-corrected chi connectivity index (χ3v) is 4.24. The molecule has 2 nitrogen and oxygen atoms in total. The minimum absolute atomic E-state index is 0.292. The zero-order valence-corrected chi connectivity index (χ0v) is 12.2. The largest absolute Gasteiger partial charge is 0.271 e. The van der Waals surface area contributed by atoms with Gasteiger partial charge in [-0.25, -0.2) is 0 Å². The third-order valence-electron chi connectivity index (χ3n) is 4.24. The molecule has 1 aliphatic rings. The van der Waals surface area contributed by atoms with Crippen molar-refractivity contribution in [3.63, 3.8) is 0 Å². The Balaban J connectivity index is 2.09. The lowest BCUT2D eigenvalue weighted by atomic mass is 9.94. The molecule has 1 unspecified atom stereocenters. The van der Waals surface area contributed by atoms with Gasteiger partial charge in [0.1, 0.15) is 0 Å². The topological polar surface area (TPSA) is 38.0 Å². The molecular formula is C17H26N2. The van der Waals surface area contributed by atoms with Gasteiger partial charge in [-0.1, -0.05) is 36.3 Å². The van der Waals surface area contributed by atoms with Gasteiger partial charge in [-0.2, -0.15) is 0 Å². The van der Waals surface area contributed by atoms with E-state index in [1.54, 1.807) is 0 Å². The summed E-state index contributed by atoms with van der Waals surface area (Å²) >= 11 is 0. The van der Waals surface area contributed by atoms with Gasteiger partial charge in [0.2, 0.25) is 0 Å². The average Bonchev–Trinajstić information content (AvgIpc) is 2.69. The van der Waals surface area contributed by atoms with E-state index in [4.69, 9.17) is 5.84 Å². The van der Waals surface area contributed by atoms with E-state index in [1.165, 1.54) is 54.4 Å². The van der Waals surface area contributed by atoms with Crippen LogP contribution in [0.1, 0.15) is 48.8 Å². The van der Waals surface area contributed by atoms with E-state index in [-0.39, 0.29) is 0 Å². The van der Waals surface area contributed by atoms with Crippen molar-refractivity contribution in [3.05, 3.63) is 46.5 Å². The summed E-state index contributed by atoms with van der Waals surface area (Å²) in [7, 11) is 0. The summed E-state index contributed by atoms with van der Waals surface area (Å²) in [5.74, 6) is 5.78. The van der Waals surface area contributed by atoms with Crippen LogP contribution in [0.15, 0.2) is 29.8 Å². The molecule has 0 heterocycles. The molecule has 0 saturated carbocycles. The van der Waals surface area contributed by atoms with Crippen molar-refractivity contribution in [2.75, 3.05) is 0 Å². The zero-order valence-electron chi connectivity index (χ0n) is 12.2. The van der Waals surface area contributed by atoms with Crippen molar-refractivity contribution in [1.29, 1.82) is 0 Å². The highest BCUT2D eigenvalue weighted by Crippen LogP contribution is 2.22. The standard InChI is InChI=1S/C17H26N2/c1-13-9-10-15(11-14(13)2)12-17(19-18)16-7-5-3-4-6-8-16/h7,9-11,17,19H,3-6,8,12,18H2,1-2H3. The van der Waals surface area contributed by atoms with Gasteiger partial charge in [0.25, 0.3) is 0 Å². The lowest BCUT2D eigenvalue weighted by molar-refractivity contribution is 0.564. The van der Waals surface area contributed by atoms with E-state index in [2.05, 4.69) is 43.5 Å². The second kappa shape index (κ2) is 6.88. The number of nitrogens with two attached hydrogens (primary N) is 1. The van der Waals surface area contributed by atoms with E-state index in [0.29, 0.717) is 6.04 Å². The molecule has 3 N–H and O–H groups in total. The molecule has 0 fully saturated rings. The van der Waals surface area contributed by atoms with Crippen LogP contribution in [0.2, 0.25) is 0 Å². The Hall–Kier alpha value is -1.12. The van der Waals surface area contributed by atoms with E-state index in [1.807, 2.05) is 0 Å². The van der Waals surface area contributed by atoms with Crippen LogP contribution in [0.5, 0.6) is 0 Å². The summed E-state index contributed by atoms with van der Waals surface area (Å²) in [6, 6.07) is 7.01. The summed E-state index contributed by atoms with van der Waals surface area (Å²) in [6.07, 6.45) is 9.77. The van der Waals surface area contributed by atoms with Gasteiger partial charge >= 0.3 is 0 Å². The lowest BCUT2D eigenvalue weighted by Gasteiger charge is -2.20. The Morgan fingerprint density at radius 1 is 1.16 bits per heavy atom. The highest BCUT2D eigenvalue weighted by atomic mass is 15.2. The number of hydrogen-bond acceptors (Lipinski definition) is 2. The Morgan fingerprint density at radius 2 is 2.00 bits per heavy atom. The average molecular weight is 258 g/mol. The number of aryl methyl sites for hydroxylation is 2. The number of hydrazine groups is 1. The quantitative estimate of drug-likeness (QED) is 0.492. The molecule has 0 spiro atoms. The Bertz CT molecular complexity index is 449. The molecule has 1 atom stereocenters. The predicted octanol–water partition coefficient (Wildman–Crippen LogP) is 3.57. The first-order chi connectivity index (χ1) is 9.20. The van der Waals surface area contributed by atoms with E-state index < -0.39 is 0 Å². The van der Waals surface area contributed by atoms with Gasteiger partial charge in [-0.15, -0.1) is 0 Å². The summed E-state index contributed by atoms with van der Waals surface area (Å²) in [5.41, 5.74) is 8.60. The highest BCUT2D eigenvalue weighted by molar-refractivity contribution is 5.31. The van der Waals surface area contributed by atoms with Crippen LogP contribution < -0.4 is 11.3 Å². The molecule has 0 saturated heterocycles. The predicted molar refractivity (Wildman–Crippen MR) is 81.9 cm³/mol. The molecule has 104 valence electrons. The molecule has 19 heavy (non-hydrogen) atoms. The van der Waals surface area contributed by atoms with Gasteiger partial charge in [0.15, 0.2) is 0 Å². The van der Waals surface area contributed by atoms with Gasteiger partial charge in [0.05, 0.1) is 0 Å². The monoisotopic (exact) mass is 258 g/mol. The maximum atomic E-state index is 5.78. The molecule has 0 aromatic heterocycles. The minimum atomic E-state index is 0.292. The molecule has 0 bridgehead atoms. The van der Waals surface area contributed by atoms with E-state index >= 15 is 0 Å². The van der Waals surface area contributed by atoms with Crippen molar-refractivity contribution in [3.8, 4) is 0 Å². The molecule has 1 aromatic carbocycles. The normalized spacial score (nSPS) is 17.7. The fraction of sp³-hybridized carbons (Fsp3) is 0.529. The SMILES string of the molecule is Cc1ccc(CC(NN)C2=CCCCCC2)cc1C. The van der Waals surface area contributed by atoms with Gasteiger partial charge in [-0.05, 0) is 62.6 Å². The summed E-state index contributed by atoms with van der Waals surface area (Å²) in [6.45, 7) is 4.33. The molecule has 0 amide bonds. The van der Waals surface area contributed by atoms with E-state index in [9.17, 15) is 0 Å². The zero-order chi connectivity index (χ0) is 13.7. The molecule has 1 aromatic rings. The molecule has 0 aliphatic heterocycles. The molecule has 0 radical (unpaired) electrons. The van der Waals surface area contributed by atoms with Gasteiger partial charge < -0.3 is 0 Å². The van der Waals surface area contributed by atoms with Crippen LogP contribution >= 0.6 is 0 Å². The number of hydrogen-bond donors (Lipinski definition) is 2. The fourth-order valence-corrected chi connectivity index (χ4v) is 2.82. The summed E-state index contributed by atoms with van der Waals surface area (Å²) < 4.78 is 0. The Morgan fingerprint density at radius 3 is 2.74 bits per heavy atom. The van der Waals surface area contributed by atoms with Crippen molar-refractivity contribution in [1.82, 2.24) is 5.43 Å². The fourth-order valence-electron chi connectivity index (χ4n) is 2.82. The molecule has 2 rings (SSSR count). The number of benzene rings is 1. The van der Waals surface area contributed by atoms with Crippen molar-refractivity contribution in [2.45, 2.75) is 58.4 Å². The van der Waals surface area contributed by atoms with Gasteiger partial charge in [-0.3, -0.25) is 11.3 Å². The van der Waals surface area contributed by atoms with Crippen LogP contribution in [0.3, 0.4) is 0 Å². The first-order valence-electron chi connectivity index (χ1n) is 7.42. The Labute approximate surface area is 117 Å². The number of nitrogens with one attached hydrogen (secondary N) is 1. The smallest absolute Gasteiger partial charge is 0.0460 e. The first kappa shape index (κ1) is 14.3. The maximum absolute atomic E-state index is 5.78. The second-order valence-electron chi connectivity index (χ2n) is 5.72. The molecular weight excluding hydrogens is 232 g/mol. The van der Waals surface area contributed by atoms with Crippen LogP contribution in [0.25, 0.3) is 0 Å². The van der Waals surface area contributed by atoms with Crippen LogP contribution in [-0.2, 0) is 6.42 Å². The maximum Gasteiger partial charge on any atom is 0.0460 e. The third kappa shape index (κ3) is 3.92. The molecule has 2 heteroatoms. The van der Waals surface area contributed by atoms with Crippen LogP contribution in [0, 0.1) is 13.8 Å².